The fourth-order valence-corrected chi connectivity index (χ4v) is 2.11. The summed E-state index contributed by atoms with van der Waals surface area (Å²) in [7, 11) is 0. The summed E-state index contributed by atoms with van der Waals surface area (Å²) < 4.78 is 5.67. The zero-order valence-electron chi connectivity index (χ0n) is 11.2. The van der Waals surface area contributed by atoms with Gasteiger partial charge in [0, 0.05) is 11.6 Å². The molecule has 19 heavy (non-hydrogen) atoms. The Balaban J connectivity index is 2.16. The molecule has 1 aromatic rings. The Morgan fingerprint density at radius 1 is 1.47 bits per heavy atom. The van der Waals surface area contributed by atoms with Gasteiger partial charge in [0.05, 0.1) is 11.7 Å². The van der Waals surface area contributed by atoms with E-state index in [0.717, 1.165) is 25.1 Å². The standard InChI is InChI=1S/C15H19ClN2O/c1-3-5-10-18-14(4-2)11-19-15(18)17-13-8-6-12(16)7-9-13/h4,6-9,14H,2-3,5,10-11H2,1H3. The summed E-state index contributed by atoms with van der Waals surface area (Å²) in [6.45, 7) is 7.61. The van der Waals surface area contributed by atoms with Crippen molar-refractivity contribution in [3.05, 3.63) is 41.9 Å². The van der Waals surface area contributed by atoms with Crippen molar-refractivity contribution in [2.24, 2.45) is 4.99 Å². The van der Waals surface area contributed by atoms with Gasteiger partial charge in [-0.1, -0.05) is 31.0 Å². The molecule has 1 unspecified atom stereocenters. The largest absolute Gasteiger partial charge is 0.462 e. The summed E-state index contributed by atoms with van der Waals surface area (Å²) >= 11 is 5.87. The zero-order valence-corrected chi connectivity index (χ0v) is 11.9. The lowest BCUT2D eigenvalue weighted by molar-refractivity contribution is 0.336. The molecule has 0 saturated carbocycles. The number of hydrogen-bond acceptors (Lipinski definition) is 2. The van der Waals surface area contributed by atoms with Gasteiger partial charge in [-0.25, -0.2) is 0 Å². The molecule has 3 nitrogen and oxygen atoms in total. The van der Waals surface area contributed by atoms with Gasteiger partial charge in [0.15, 0.2) is 0 Å². The van der Waals surface area contributed by atoms with Gasteiger partial charge in [0.1, 0.15) is 6.61 Å². The van der Waals surface area contributed by atoms with E-state index in [0.29, 0.717) is 17.7 Å². The summed E-state index contributed by atoms with van der Waals surface area (Å²) in [5.74, 6) is 0. The average molecular weight is 279 g/mol. The Labute approximate surface area is 119 Å². The molecule has 1 saturated heterocycles. The number of aliphatic imine (C=N–C) groups is 1. The Morgan fingerprint density at radius 2 is 2.21 bits per heavy atom. The van der Waals surface area contributed by atoms with E-state index in [4.69, 9.17) is 16.3 Å². The van der Waals surface area contributed by atoms with Crippen LogP contribution < -0.4 is 0 Å². The fourth-order valence-electron chi connectivity index (χ4n) is 1.98. The van der Waals surface area contributed by atoms with Gasteiger partial charge in [0.2, 0.25) is 0 Å². The molecule has 4 heteroatoms. The summed E-state index contributed by atoms with van der Waals surface area (Å²) in [6, 6.07) is 8.34. The molecule has 0 spiro atoms. The van der Waals surface area contributed by atoms with Crippen LogP contribution in [0.2, 0.25) is 5.02 Å². The maximum Gasteiger partial charge on any atom is 0.293 e. The lowest BCUT2D eigenvalue weighted by Gasteiger charge is -2.20. The van der Waals surface area contributed by atoms with Crippen LogP contribution in [-0.4, -0.2) is 30.1 Å². The van der Waals surface area contributed by atoms with Gasteiger partial charge in [-0.3, -0.25) is 0 Å². The molecule has 0 aromatic heterocycles. The highest BCUT2D eigenvalue weighted by Crippen LogP contribution is 2.21. The normalized spacial score (nSPS) is 20.6. The molecule has 0 amide bonds. The van der Waals surface area contributed by atoms with Crippen molar-refractivity contribution in [1.82, 2.24) is 4.90 Å². The van der Waals surface area contributed by atoms with Crippen LogP contribution in [0.1, 0.15) is 19.8 Å². The second-order valence-corrected chi connectivity index (χ2v) is 4.97. The highest BCUT2D eigenvalue weighted by atomic mass is 35.5. The first-order chi connectivity index (χ1) is 9.24. The molecule has 2 rings (SSSR count). The van der Waals surface area contributed by atoms with Crippen molar-refractivity contribution >= 4 is 23.3 Å². The van der Waals surface area contributed by atoms with Crippen molar-refractivity contribution in [3.63, 3.8) is 0 Å². The number of benzene rings is 1. The van der Waals surface area contributed by atoms with E-state index in [2.05, 4.69) is 23.4 Å². The summed E-state index contributed by atoms with van der Waals surface area (Å²) in [6.07, 6.45) is 4.18. The molecule has 1 heterocycles. The molecule has 0 bridgehead atoms. The first-order valence-electron chi connectivity index (χ1n) is 6.61. The number of halogens is 1. The van der Waals surface area contributed by atoms with E-state index in [1.165, 1.54) is 0 Å². The van der Waals surface area contributed by atoms with Crippen LogP contribution in [-0.2, 0) is 4.74 Å². The zero-order chi connectivity index (χ0) is 13.7. The maximum absolute atomic E-state index is 5.87. The smallest absolute Gasteiger partial charge is 0.293 e. The topological polar surface area (TPSA) is 24.8 Å². The second-order valence-electron chi connectivity index (χ2n) is 4.53. The van der Waals surface area contributed by atoms with Crippen molar-refractivity contribution in [3.8, 4) is 0 Å². The van der Waals surface area contributed by atoms with Crippen LogP contribution in [0.25, 0.3) is 0 Å². The third-order valence-electron chi connectivity index (χ3n) is 3.11. The van der Waals surface area contributed by atoms with Gasteiger partial charge in [-0.15, -0.1) is 6.58 Å². The average Bonchev–Trinajstić information content (AvgIpc) is 2.81. The molecule has 1 aliphatic heterocycles. The lowest BCUT2D eigenvalue weighted by Crippen LogP contribution is -2.33. The quantitative estimate of drug-likeness (QED) is 0.760. The van der Waals surface area contributed by atoms with Crippen molar-refractivity contribution in [2.75, 3.05) is 13.2 Å². The predicted octanol–water partition coefficient (Wildman–Crippen LogP) is 4.01. The molecule has 102 valence electrons. The summed E-state index contributed by atoms with van der Waals surface area (Å²) in [5.41, 5.74) is 0.852. The lowest BCUT2D eigenvalue weighted by atomic mass is 10.2. The van der Waals surface area contributed by atoms with Crippen LogP contribution in [0.15, 0.2) is 41.9 Å². The molecule has 1 aliphatic rings. The van der Waals surface area contributed by atoms with Crippen LogP contribution in [0.5, 0.6) is 0 Å². The van der Waals surface area contributed by atoms with E-state index >= 15 is 0 Å². The molecule has 1 aromatic carbocycles. The first kappa shape index (κ1) is 13.9. The number of ether oxygens (including phenoxy) is 1. The highest BCUT2D eigenvalue weighted by Gasteiger charge is 2.28. The van der Waals surface area contributed by atoms with Crippen LogP contribution in [0, 0.1) is 0 Å². The van der Waals surface area contributed by atoms with Gasteiger partial charge in [0.25, 0.3) is 6.02 Å². The van der Waals surface area contributed by atoms with Gasteiger partial charge >= 0.3 is 0 Å². The van der Waals surface area contributed by atoms with E-state index in [1.54, 1.807) is 0 Å². The van der Waals surface area contributed by atoms with Gasteiger partial charge < -0.3 is 9.64 Å². The SMILES string of the molecule is C=CC1COC(=Nc2ccc(Cl)cc2)N1CCCC. The van der Waals surface area contributed by atoms with Crippen LogP contribution >= 0.6 is 11.6 Å². The molecule has 0 N–H and O–H groups in total. The number of rotatable bonds is 5. The Hall–Kier alpha value is -1.48. The van der Waals surface area contributed by atoms with E-state index in [-0.39, 0.29) is 6.04 Å². The summed E-state index contributed by atoms with van der Waals surface area (Å²) in [5, 5.41) is 0.711. The molecular formula is C15H19ClN2O. The molecule has 0 aliphatic carbocycles. The molecule has 1 fully saturated rings. The third kappa shape index (κ3) is 3.51. The van der Waals surface area contributed by atoms with Gasteiger partial charge in [-0.2, -0.15) is 4.99 Å². The first-order valence-corrected chi connectivity index (χ1v) is 6.98. The Kier molecular flexibility index (Phi) is 4.86. The van der Waals surface area contributed by atoms with Crippen molar-refractivity contribution in [1.29, 1.82) is 0 Å². The van der Waals surface area contributed by atoms with E-state index in [9.17, 15) is 0 Å². The number of amidine groups is 1. The monoisotopic (exact) mass is 278 g/mol. The predicted molar refractivity (Wildman–Crippen MR) is 80.1 cm³/mol. The van der Waals surface area contributed by atoms with Crippen molar-refractivity contribution in [2.45, 2.75) is 25.8 Å². The third-order valence-corrected chi connectivity index (χ3v) is 3.36. The minimum absolute atomic E-state index is 0.220. The Morgan fingerprint density at radius 3 is 2.84 bits per heavy atom. The molecular weight excluding hydrogens is 260 g/mol. The number of unbranched alkanes of at least 4 members (excludes halogenated alkanes) is 1. The van der Waals surface area contributed by atoms with Gasteiger partial charge in [-0.05, 0) is 30.7 Å². The Bertz CT molecular complexity index is 456. The number of hydrogen-bond donors (Lipinski definition) is 0. The van der Waals surface area contributed by atoms with E-state index in [1.807, 2.05) is 30.3 Å². The van der Waals surface area contributed by atoms with Crippen molar-refractivity contribution < 1.29 is 4.74 Å². The number of nitrogens with zero attached hydrogens (tertiary/aromatic N) is 2. The minimum Gasteiger partial charge on any atom is -0.462 e. The highest BCUT2D eigenvalue weighted by molar-refractivity contribution is 6.30. The summed E-state index contributed by atoms with van der Waals surface area (Å²) in [4.78, 5) is 6.72. The second kappa shape index (κ2) is 6.62. The fraction of sp³-hybridized carbons (Fsp3) is 0.400. The minimum atomic E-state index is 0.220. The van der Waals surface area contributed by atoms with Crippen LogP contribution in [0.4, 0.5) is 5.69 Å². The maximum atomic E-state index is 5.87. The molecule has 0 radical (unpaired) electrons. The molecule has 1 atom stereocenters. The van der Waals surface area contributed by atoms with Crippen LogP contribution in [0.3, 0.4) is 0 Å². The van der Waals surface area contributed by atoms with E-state index < -0.39 is 0 Å².